The standard InChI is InChI=1S/C55H101NO8/c1-3-5-7-9-11-13-15-17-18-19-20-21-22-23-24-25-26-27-28-29-30-31-32-33-35-37-39-41-43-45-51(59)56-48(47-63-55-54(62)53(61)52(60)50(46-57)64-55)49(58)44-42-40-38-36-34-16-14-12-10-8-6-4-2/h5,7,11,13,17-18,20-21,48-50,52-55,57-58,60-62H,3-4,6,8-10,12,14-16,19,22-47H2,1-2H3,(H,56,59)/b7-5-,13-11-,18-17-,21-20-. The van der Waals surface area contributed by atoms with Crippen molar-refractivity contribution in [3.8, 4) is 0 Å². The molecule has 0 radical (unpaired) electrons. The molecule has 7 atom stereocenters. The Morgan fingerprint density at radius 3 is 1.44 bits per heavy atom. The molecule has 9 heteroatoms. The molecule has 6 N–H and O–H groups in total. The zero-order chi connectivity index (χ0) is 46.6. The highest BCUT2D eigenvalue weighted by atomic mass is 16.7. The predicted octanol–water partition coefficient (Wildman–Crippen LogP) is 12.6. The SMILES string of the molecule is CC/C=C\C/C=C\C/C=C\C/C=C\CCCCCCCCCCCCCCCCCCC(=O)NC(COC1OC(CO)C(O)C(O)C1O)C(O)CCCCCCCCCCCCCC. The number of hydrogen-bond donors (Lipinski definition) is 6. The van der Waals surface area contributed by atoms with Crippen molar-refractivity contribution >= 4 is 5.91 Å². The molecule has 0 aromatic rings. The Kier molecular flexibility index (Phi) is 42.3. The number of carbonyl (C=O) groups is 1. The third kappa shape index (κ3) is 34.5. The molecular weight excluding hydrogens is 803 g/mol. The first-order valence-electron chi connectivity index (χ1n) is 26.8. The van der Waals surface area contributed by atoms with Gasteiger partial charge in [0.1, 0.15) is 24.4 Å². The maximum atomic E-state index is 13.0. The number of carbonyl (C=O) groups excluding carboxylic acids is 1. The molecular formula is C55H101NO8. The van der Waals surface area contributed by atoms with Crippen LogP contribution in [0, 0.1) is 0 Å². The van der Waals surface area contributed by atoms with E-state index in [1.54, 1.807) is 0 Å². The third-order valence-corrected chi connectivity index (χ3v) is 12.7. The molecule has 64 heavy (non-hydrogen) atoms. The minimum atomic E-state index is -1.55. The lowest BCUT2D eigenvalue weighted by molar-refractivity contribution is -0.302. The number of allylic oxidation sites excluding steroid dienone is 8. The fourth-order valence-corrected chi connectivity index (χ4v) is 8.45. The van der Waals surface area contributed by atoms with Crippen LogP contribution in [0.15, 0.2) is 48.6 Å². The second kappa shape index (κ2) is 45.0. The van der Waals surface area contributed by atoms with Crippen LogP contribution < -0.4 is 5.32 Å². The Hall–Kier alpha value is -1.85. The van der Waals surface area contributed by atoms with Gasteiger partial charge in [-0.1, -0.05) is 229 Å². The lowest BCUT2D eigenvalue weighted by atomic mass is 9.99. The van der Waals surface area contributed by atoms with Gasteiger partial charge in [-0.05, 0) is 51.4 Å². The summed E-state index contributed by atoms with van der Waals surface area (Å²) in [5.41, 5.74) is 0. The summed E-state index contributed by atoms with van der Waals surface area (Å²) >= 11 is 0. The van der Waals surface area contributed by atoms with Crippen molar-refractivity contribution in [2.24, 2.45) is 0 Å². The average molecular weight is 904 g/mol. The van der Waals surface area contributed by atoms with Crippen molar-refractivity contribution in [1.82, 2.24) is 5.32 Å². The van der Waals surface area contributed by atoms with E-state index in [9.17, 15) is 30.3 Å². The van der Waals surface area contributed by atoms with Gasteiger partial charge in [-0.3, -0.25) is 4.79 Å². The Balaban J connectivity index is 2.15. The van der Waals surface area contributed by atoms with E-state index in [4.69, 9.17) is 9.47 Å². The Bertz CT molecular complexity index is 1140. The minimum Gasteiger partial charge on any atom is -0.394 e. The van der Waals surface area contributed by atoms with Crippen molar-refractivity contribution in [2.45, 2.75) is 281 Å². The lowest BCUT2D eigenvalue weighted by Crippen LogP contribution is -2.60. The van der Waals surface area contributed by atoms with Gasteiger partial charge in [0.15, 0.2) is 6.29 Å². The molecule has 1 heterocycles. The van der Waals surface area contributed by atoms with Crippen LogP contribution >= 0.6 is 0 Å². The molecule has 0 saturated carbocycles. The summed E-state index contributed by atoms with van der Waals surface area (Å²) in [5, 5.41) is 54.5. The monoisotopic (exact) mass is 904 g/mol. The summed E-state index contributed by atoms with van der Waals surface area (Å²) in [6.45, 7) is 3.72. The second-order valence-electron chi connectivity index (χ2n) is 18.6. The fourth-order valence-electron chi connectivity index (χ4n) is 8.45. The van der Waals surface area contributed by atoms with E-state index in [1.165, 1.54) is 148 Å². The highest BCUT2D eigenvalue weighted by molar-refractivity contribution is 5.76. The molecule has 1 rings (SSSR count). The van der Waals surface area contributed by atoms with Crippen LogP contribution in [-0.4, -0.2) is 87.5 Å². The van der Waals surface area contributed by atoms with Crippen LogP contribution in [0.5, 0.6) is 0 Å². The van der Waals surface area contributed by atoms with Gasteiger partial charge in [-0.15, -0.1) is 0 Å². The van der Waals surface area contributed by atoms with Gasteiger partial charge < -0.3 is 40.3 Å². The first-order valence-corrected chi connectivity index (χ1v) is 26.8. The van der Waals surface area contributed by atoms with Crippen LogP contribution in [-0.2, 0) is 14.3 Å². The Labute approximate surface area is 393 Å². The van der Waals surface area contributed by atoms with E-state index in [2.05, 4.69) is 67.8 Å². The molecule has 1 saturated heterocycles. The van der Waals surface area contributed by atoms with Gasteiger partial charge in [0.05, 0.1) is 25.4 Å². The Morgan fingerprint density at radius 2 is 0.969 bits per heavy atom. The van der Waals surface area contributed by atoms with Crippen LogP contribution in [0.2, 0.25) is 0 Å². The van der Waals surface area contributed by atoms with E-state index < -0.39 is 49.5 Å². The average Bonchev–Trinajstić information content (AvgIpc) is 3.29. The molecule has 0 aliphatic carbocycles. The normalized spacial score (nSPS) is 20.4. The Morgan fingerprint density at radius 1 is 0.547 bits per heavy atom. The highest BCUT2D eigenvalue weighted by Gasteiger charge is 2.44. The molecule has 0 aromatic heterocycles. The van der Waals surface area contributed by atoms with E-state index in [0.717, 1.165) is 64.2 Å². The van der Waals surface area contributed by atoms with E-state index >= 15 is 0 Å². The largest absolute Gasteiger partial charge is 0.394 e. The molecule has 1 amide bonds. The first kappa shape index (κ1) is 60.2. The molecule has 1 aliphatic heterocycles. The molecule has 0 aromatic carbocycles. The zero-order valence-corrected chi connectivity index (χ0v) is 41.3. The molecule has 0 spiro atoms. The van der Waals surface area contributed by atoms with Crippen molar-refractivity contribution in [1.29, 1.82) is 0 Å². The lowest BCUT2D eigenvalue weighted by Gasteiger charge is -2.40. The number of aliphatic hydroxyl groups excluding tert-OH is 5. The summed E-state index contributed by atoms with van der Waals surface area (Å²) in [7, 11) is 0. The van der Waals surface area contributed by atoms with Gasteiger partial charge >= 0.3 is 0 Å². The van der Waals surface area contributed by atoms with Crippen LogP contribution in [0.3, 0.4) is 0 Å². The smallest absolute Gasteiger partial charge is 0.220 e. The zero-order valence-electron chi connectivity index (χ0n) is 41.3. The number of amides is 1. The number of aliphatic hydroxyl groups is 5. The minimum absolute atomic E-state index is 0.137. The van der Waals surface area contributed by atoms with Gasteiger partial charge in [0.25, 0.3) is 0 Å². The van der Waals surface area contributed by atoms with Gasteiger partial charge in [0.2, 0.25) is 5.91 Å². The topological polar surface area (TPSA) is 149 Å². The van der Waals surface area contributed by atoms with Crippen molar-refractivity contribution < 1.29 is 39.8 Å². The predicted molar refractivity (Wildman–Crippen MR) is 267 cm³/mol. The second-order valence-corrected chi connectivity index (χ2v) is 18.6. The maximum absolute atomic E-state index is 13.0. The van der Waals surface area contributed by atoms with E-state index in [-0.39, 0.29) is 12.5 Å². The van der Waals surface area contributed by atoms with Crippen molar-refractivity contribution in [3.63, 3.8) is 0 Å². The molecule has 374 valence electrons. The summed E-state index contributed by atoms with van der Waals surface area (Å²) < 4.78 is 11.3. The molecule has 1 aliphatic rings. The number of rotatable bonds is 45. The van der Waals surface area contributed by atoms with Crippen LogP contribution in [0.25, 0.3) is 0 Å². The third-order valence-electron chi connectivity index (χ3n) is 12.7. The van der Waals surface area contributed by atoms with E-state index in [0.29, 0.717) is 12.8 Å². The summed E-state index contributed by atoms with van der Waals surface area (Å²) in [6.07, 6.45) is 51.4. The number of ether oxygens (including phenoxy) is 2. The molecule has 7 unspecified atom stereocenters. The van der Waals surface area contributed by atoms with Crippen molar-refractivity contribution in [3.05, 3.63) is 48.6 Å². The molecule has 9 nitrogen and oxygen atoms in total. The highest BCUT2D eigenvalue weighted by Crippen LogP contribution is 2.23. The van der Waals surface area contributed by atoms with Gasteiger partial charge in [-0.2, -0.15) is 0 Å². The van der Waals surface area contributed by atoms with Crippen LogP contribution in [0.1, 0.15) is 239 Å². The summed E-state index contributed by atoms with van der Waals surface area (Å²) in [6, 6.07) is -0.718. The van der Waals surface area contributed by atoms with E-state index in [1.807, 2.05) is 0 Å². The summed E-state index contributed by atoms with van der Waals surface area (Å²) in [4.78, 5) is 13.0. The maximum Gasteiger partial charge on any atom is 0.220 e. The first-order chi connectivity index (χ1) is 31.3. The van der Waals surface area contributed by atoms with Crippen molar-refractivity contribution in [2.75, 3.05) is 13.2 Å². The molecule has 0 bridgehead atoms. The number of hydrogen-bond acceptors (Lipinski definition) is 8. The van der Waals surface area contributed by atoms with Gasteiger partial charge in [0, 0.05) is 6.42 Å². The summed E-state index contributed by atoms with van der Waals surface area (Å²) in [5.74, 6) is -0.145. The number of nitrogens with one attached hydrogen (secondary N) is 1. The van der Waals surface area contributed by atoms with Crippen LogP contribution in [0.4, 0.5) is 0 Å². The van der Waals surface area contributed by atoms with Gasteiger partial charge in [-0.25, -0.2) is 0 Å². The number of unbranched alkanes of at least 4 members (excludes halogenated alkanes) is 27. The quantitative estimate of drug-likeness (QED) is 0.0261. The molecule has 1 fully saturated rings. The fraction of sp³-hybridized carbons (Fsp3) is 0.836.